The van der Waals surface area contributed by atoms with Gasteiger partial charge in [0.15, 0.2) is 0 Å². The van der Waals surface area contributed by atoms with Crippen LogP contribution in [-0.2, 0) is 6.54 Å². The molecular weight excluding hydrogens is 238 g/mol. The number of anilines is 1. The van der Waals surface area contributed by atoms with Crippen molar-refractivity contribution in [1.29, 1.82) is 0 Å². The fourth-order valence-corrected chi connectivity index (χ4v) is 2.49. The van der Waals surface area contributed by atoms with Crippen molar-refractivity contribution >= 4 is 5.82 Å². The molecule has 0 bridgehead atoms. The van der Waals surface area contributed by atoms with Gasteiger partial charge in [-0.2, -0.15) is 0 Å². The molecular formula is C15H25N3O. The number of hydrogen-bond acceptors (Lipinski definition) is 4. The van der Waals surface area contributed by atoms with E-state index in [0.29, 0.717) is 12.5 Å². The lowest BCUT2D eigenvalue weighted by molar-refractivity contribution is 0.102. The maximum absolute atomic E-state index is 10.0. The monoisotopic (exact) mass is 263 g/mol. The van der Waals surface area contributed by atoms with Crippen molar-refractivity contribution in [1.82, 2.24) is 10.3 Å². The van der Waals surface area contributed by atoms with Crippen molar-refractivity contribution < 1.29 is 5.11 Å². The van der Waals surface area contributed by atoms with Gasteiger partial charge < -0.3 is 15.3 Å². The van der Waals surface area contributed by atoms with Crippen LogP contribution in [0.15, 0.2) is 18.3 Å². The first-order chi connectivity index (χ1) is 9.22. The molecule has 4 heteroatoms. The number of aliphatic hydroxyl groups is 1. The minimum absolute atomic E-state index is 0.243. The highest BCUT2D eigenvalue weighted by Crippen LogP contribution is 2.24. The van der Waals surface area contributed by atoms with Crippen LogP contribution in [0.5, 0.6) is 0 Å². The maximum Gasteiger partial charge on any atom is 0.133 e. The van der Waals surface area contributed by atoms with E-state index in [-0.39, 0.29) is 6.10 Å². The Labute approximate surface area is 115 Å². The molecule has 1 aliphatic rings. The molecule has 2 unspecified atom stereocenters. The zero-order valence-corrected chi connectivity index (χ0v) is 12.0. The van der Waals surface area contributed by atoms with Gasteiger partial charge in [-0.3, -0.25) is 0 Å². The number of nitrogens with zero attached hydrogens (tertiary/aromatic N) is 2. The SMILES string of the molecule is CCCNCc1cccnc1N1CCC(C)C(O)C1. The first-order valence-electron chi connectivity index (χ1n) is 7.30. The molecule has 1 aromatic heterocycles. The molecule has 0 saturated carbocycles. The highest BCUT2D eigenvalue weighted by atomic mass is 16.3. The van der Waals surface area contributed by atoms with E-state index in [1.54, 1.807) is 0 Å². The fraction of sp³-hybridized carbons (Fsp3) is 0.667. The van der Waals surface area contributed by atoms with Crippen molar-refractivity contribution in [3.05, 3.63) is 23.9 Å². The second-order valence-electron chi connectivity index (χ2n) is 5.44. The Bertz CT molecular complexity index is 397. The predicted molar refractivity (Wildman–Crippen MR) is 78.2 cm³/mol. The number of hydrogen-bond donors (Lipinski definition) is 2. The van der Waals surface area contributed by atoms with Gasteiger partial charge in [-0.1, -0.05) is 19.9 Å². The summed E-state index contributed by atoms with van der Waals surface area (Å²) in [5, 5.41) is 13.5. The smallest absolute Gasteiger partial charge is 0.133 e. The third kappa shape index (κ3) is 3.67. The number of aliphatic hydroxyl groups excluding tert-OH is 1. The molecule has 2 N–H and O–H groups in total. The van der Waals surface area contributed by atoms with E-state index in [4.69, 9.17) is 0 Å². The number of nitrogens with one attached hydrogen (secondary N) is 1. The molecule has 19 heavy (non-hydrogen) atoms. The summed E-state index contributed by atoms with van der Waals surface area (Å²) in [5.74, 6) is 1.42. The summed E-state index contributed by atoms with van der Waals surface area (Å²) in [6.45, 7) is 7.83. The first kappa shape index (κ1) is 14.3. The normalized spacial score (nSPS) is 23.6. The van der Waals surface area contributed by atoms with Crippen molar-refractivity contribution in [2.75, 3.05) is 24.5 Å². The molecule has 4 nitrogen and oxygen atoms in total. The van der Waals surface area contributed by atoms with Gasteiger partial charge in [0, 0.05) is 31.4 Å². The Morgan fingerprint density at radius 2 is 2.37 bits per heavy atom. The van der Waals surface area contributed by atoms with Crippen LogP contribution in [0.3, 0.4) is 0 Å². The molecule has 2 rings (SSSR count). The lowest BCUT2D eigenvalue weighted by Crippen LogP contribution is -2.43. The van der Waals surface area contributed by atoms with E-state index in [1.807, 2.05) is 12.3 Å². The summed E-state index contributed by atoms with van der Waals surface area (Å²) < 4.78 is 0. The van der Waals surface area contributed by atoms with Gasteiger partial charge in [-0.05, 0) is 31.4 Å². The molecule has 0 amide bonds. The van der Waals surface area contributed by atoms with E-state index in [2.05, 4.69) is 35.1 Å². The second-order valence-corrected chi connectivity index (χ2v) is 5.44. The third-order valence-electron chi connectivity index (χ3n) is 3.83. The largest absolute Gasteiger partial charge is 0.391 e. The topological polar surface area (TPSA) is 48.4 Å². The first-order valence-corrected chi connectivity index (χ1v) is 7.30. The molecule has 1 aliphatic heterocycles. The van der Waals surface area contributed by atoms with Crippen LogP contribution in [-0.4, -0.2) is 35.8 Å². The Kier molecular flexibility index (Phi) is 5.16. The van der Waals surface area contributed by atoms with Crippen molar-refractivity contribution in [2.24, 2.45) is 5.92 Å². The summed E-state index contributed by atoms with van der Waals surface area (Å²) in [6.07, 6.45) is 3.75. The second kappa shape index (κ2) is 6.87. The van der Waals surface area contributed by atoms with Crippen LogP contribution in [0.25, 0.3) is 0 Å². The lowest BCUT2D eigenvalue weighted by atomic mass is 9.96. The number of rotatable bonds is 5. The van der Waals surface area contributed by atoms with Gasteiger partial charge in [0.05, 0.1) is 6.10 Å². The van der Waals surface area contributed by atoms with E-state index in [0.717, 1.165) is 38.3 Å². The summed E-state index contributed by atoms with van der Waals surface area (Å²) >= 11 is 0. The van der Waals surface area contributed by atoms with Crippen LogP contribution in [0.2, 0.25) is 0 Å². The quantitative estimate of drug-likeness (QED) is 0.795. The molecule has 0 radical (unpaired) electrons. The Hall–Kier alpha value is -1.13. The van der Waals surface area contributed by atoms with Gasteiger partial charge in [-0.15, -0.1) is 0 Å². The summed E-state index contributed by atoms with van der Waals surface area (Å²) in [5.41, 5.74) is 1.22. The van der Waals surface area contributed by atoms with Crippen LogP contribution in [0.4, 0.5) is 5.82 Å². The van der Waals surface area contributed by atoms with Crippen LogP contribution in [0, 0.1) is 5.92 Å². The van der Waals surface area contributed by atoms with E-state index in [9.17, 15) is 5.11 Å². The summed E-state index contributed by atoms with van der Waals surface area (Å²) in [6, 6.07) is 4.10. The molecule has 1 saturated heterocycles. The summed E-state index contributed by atoms with van der Waals surface area (Å²) in [7, 11) is 0. The standard InChI is InChI=1S/C15H25N3O/c1-3-7-16-10-13-5-4-8-17-15(13)18-9-6-12(2)14(19)11-18/h4-5,8,12,14,16,19H,3,6-7,9-11H2,1-2H3. The zero-order valence-electron chi connectivity index (χ0n) is 12.0. The molecule has 0 spiro atoms. The number of pyridine rings is 1. The minimum atomic E-state index is -0.243. The molecule has 0 aliphatic carbocycles. The van der Waals surface area contributed by atoms with Gasteiger partial charge in [0.1, 0.15) is 5.82 Å². The molecule has 1 fully saturated rings. The maximum atomic E-state index is 10.0. The third-order valence-corrected chi connectivity index (χ3v) is 3.83. The highest BCUT2D eigenvalue weighted by molar-refractivity contribution is 5.47. The Morgan fingerprint density at radius 1 is 1.53 bits per heavy atom. The Morgan fingerprint density at radius 3 is 3.11 bits per heavy atom. The van der Waals surface area contributed by atoms with Crippen molar-refractivity contribution in [3.8, 4) is 0 Å². The van der Waals surface area contributed by atoms with Gasteiger partial charge in [0.2, 0.25) is 0 Å². The van der Waals surface area contributed by atoms with Crippen molar-refractivity contribution in [3.63, 3.8) is 0 Å². The predicted octanol–water partition coefficient (Wildman–Crippen LogP) is 1.79. The molecule has 2 heterocycles. The van der Waals surface area contributed by atoms with Gasteiger partial charge >= 0.3 is 0 Å². The van der Waals surface area contributed by atoms with Crippen molar-refractivity contribution in [2.45, 2.75) is 39.3 Å². The number of piperidine rings is 1. The van der Waals surface area contributed by atoms with E-state index < -0.39 is 0 Å². The molecule has 2 atom stereocenters. The minimum Gasteiger partial charge on any atom is -0.391 e. The molecule has 1 aromatic rings. The van der Waals surface area contributed by atoms with Crippen LogP contribution < -0.4 is 10.2 Å². The summed E-state index contributed by atoms with van der Waals surface area (Å²) in [4.78, 5) is 6.73. The zero-order chi connectivity index (χ0) is 13.7. The Balaban J connectivity index is 2.06. The van der Waals surface area contributed by atoms with Gasteiger partial charge in [-0.25, -0.2) is 4.98 Å². The highest BCUT2D eigenvalue weighted by Gasteiger charge is 2.26. The van der Waals surface area contributed by atoms with Crippen LogP contribution in [0.1, 0.15) is 32.3 Å². The van der Waals surface area contributed by atoms with Gasteiger partial charge in [0.25, 0.3) is 0 Å². The molecule has 106 valence electrons. The number of β-amino-alcohol motifs (C(OH)–C–C–N with tert-alkyl or cyclic N) is 1. The van der Waals surface area contributed by atoms with E-state index in [1.165, 1.54) is 5.56 Å². The average molecular weight is 263 g/mol. The molecule has 0 aromatic carbocycles. The number of aromatic nitrogens is 1. The van der Waals surface area contributed by atoms with E-state index >= 15 is 0 Å². The average Bonchev–Trinajstić information content (AvgIpc) is 2.43. The van der Waals surface area contributed by atoms with Crippen LogP contribution >= 0.6 is 0 Å². The lowest BCUT2D eigenvalue weighted by Gasteiger charge is -2.36. The fourth-order valence-electron chi connectivity index (χ4n) is 2.49.